The summed E-state index contributed by atoms with van der Waals surface area (Å²) in [7, 11) is 0. The number of hydrogen-bond acceptors (Lipinski definition) is 5. The Bertz CT molecular complexity index is 786. The zero-order chi connectivity index (χ0) is 18.4. The molecule has 0 saturated heterocycles. The van der Waals surface area contributed by atoms with Crippen molar-refractivity contribution in [2.45, 2.75) is 19.9 Å². The van der Waals surface area contributed by atoms with Crippen molar-refractivity contribution in [1.29, 1.82) is 0 Å². The van der Waals surface area contributed by atoms with Crippen molar-refractivity contribution < 1.29 is 19.6 Å². The minimum Gasteiger partial charge on any atom is -0.481 e. The highest BCUT2D eigenvalue weighted by atomic mass is 16.6. The normalized spacial score (nSPS) is 11.7. The van der Waals surface area contributed by atoms with Crippen LogP contribution in [0, 0.1) is 23.0 Å². The molecule has 2 N–H and O–H groups in total. The molecule has 9 nitrogen and oxygen atoms in total. The Kier molecular flexibility index (Phi) is 5.83. The third kappa shape index (κ3) is 5.41. The number of amides is 1. The van der Waals surface area contributed by atoms with E-state index in [0.717, 1.165) is 15.8 Å². The fourth-order valence-electron chi connectivity index (χ4n) is 2.35. The molecule has 1 amide bonds. The molecule has 1 aromatic heterocycles. The summed E-state index contributed by atoms with van der Waals surface area (Å²) in [5.74, 6) is -2.58. The summed E-state index contributed by atoms with van der Waals surface area (Å²) in [6.07, 6.45) is 1.61. The molecule has 0 aliphatic carbocycles. The lowest BCUT2D eigenvalue weighted by Crippen LogP contribution is -2.36. The maximum absolute atomic E-state index is 11.9. The van der Waals surface area contributed by atoms with Gasteiger partial charge >= 0.3 is 11.8 Å². The van der Waals surface area contributed by atoms with E-state index in [9.17, 15) is 24.8 Å². The minimum atomic E-state index is -1.00. The van der Waals surface area contributed by atoms with Gasteiger partial charge in [0.1, 0.15) is 6.54 Å². The van der Waals surface area contributed by atoms with Gasteiger partial charge in [0.25, 0.3) is 0 Å². The molecule has 25 heavy (non-hydrogen) atoms. The average molecular weight is 346 g/mol. The van der Waals surface area contributed by atoms with E-state index in [1.807, 2.05) is 31.2 Å². The van der Waals surface area contributed by atoms with Crippen molar-refractivity contribution in [2.24, 2.45) is 5.92 Å². The summed E-state index contributed by atoms with van der Waals surface area (Å²) in [5, 5.41) is 26.0. The standard InChI is InChI=1S/C16H18N4O5/c1-11-3-2-4-12(7-11)8-13(16(22)23)9-17-15(21)10-19-6-5-14(18-19)20(24)25/h2-7,13H,8-10H2,1H3,(H,17,21)(H,22,23). The largest absolute Gasteiger partial charge is 0.481 e. The van der Waals surface area contributed by atoms with Crippen LogP contribution in [0.2, 0.25) is 0 Å². The van der Waals surface area contributed by atoms with Crippen molar-refractivity contribution in [3.8, 4) is 0 Å². The number of benzene rings is 1. The van der Waals surface area contributed by atoms with Crippen LogP contribution in [0.15, 0.2) is 36.5 Å². The molecule has 9 heteroatoms. The second-order valence-electron chi connectivity index (χ2n) is 5.66. The van der Waals surface area contributed by atoms with E-state index in [4.69, 9.17) is 0 Å². The van der Waals surface area contributed by atoms with Crippen LogP contribution in [0.4, 0.5) is 5.82 Å². The molecular formula is C16H18N4O5. The zero-order valence-corrected chi connectivity index (χ0v) is 13.6. The van der Waals surface area contributed by atoms with E-state index in [-0.39, 0.29) is 18.9 Å². The summed E-state index contributed by atoms with van der Waals surface area (Å²) in [4.78, 5) is 33.2. The number of carbonyl (C=O) groups excluding carboxylic acids is 1. The lowest BCUT2D eigenvalue weighted by atomic mass is 9.98. The number of aromatic nitrogens is 2. The number of carboxylic acid groups (broad SMARTS) is 1. The molecule has 1 heterocycles. The third-order valence-corrected chi connectivity index (χ3v) is 3.58. The molecular weight excluding hydrogens is 328 g/mol. The van der Waals surface area contributed by atoms with Crippen LogP contribution in [0.25, 0.3) is 0 Å². The molecule has 0 bridgehead atoms. The van der Waals surface area contributed by atoms with Gasteiger partial charge in [0, 0.05) is 6.54 Å². The highest BCUT2D eigenvalue weighted by Gasteiger charge is 2.20. The van der Waals surface area contributed by atoms with Crippen LogP contribution in [-0.4, -0.2) is 38.2 Å². The molecule has 1 atom stereocenters. The number of aryl methyl sites for hydroxylation is 1. The van der Waals surface area contributed by atoms with Crippen molar-refractivity contribution >= 4 is 17.7 Å². The fourth-order valence-corrected chi connectivity index (χ4v) is 2.35. The topological polar surface area (TPSA) is 127 Å². The first kappa shape index (κ1) is 18.1. The van der Waals surface area contributed by atoms with Crippen molar-refractivity contribution in [1.82, 2.24) is 15.1 Å². The van der Waals surface area contributed by atoms with Gasteiger partial charge in [-0.2, -0.15) is 4.68 Å². The minimum absolute atomic E-state index is 0.0362. The van der Waals surface area contributed by atoms with Gasteiger partial charge in [-0.1, -0.05) is 29.8 Å². The molecule has 0 aliphatic heterocycles. The molecule has 0 radical (unpaired) electrons. The Labute approximate surface area is 143 Å². The van der Waals surface area contributed by atoms with E-state index < -0.39 is 22.7 Å². The van der Waals surface area contributed by atoms with Crippen LogP contribution in [0.3, 0.4) is 0 Å². The van der Waals surface area contributed by atoms with Crippen molar-refractivity contribution in [3.05, 3.63) is 57.8 Å². The second-order valence-corrected chi connectivity index (χ2v) is 5.66. The highest BCUT2D eigenvalue weighted by molar-refractivity contribution is 5.77. The maximum atomic E-state index is 11.9. The number of nitrogens with zero attached hydrogens (tertiary/aromatic N) is 3. The number of aliphatic carboxylic acids is 1. The van der Waals surface area contributed by atoms with Crippen LogP contribution in [0.5, 0.6) is 0 Å². The SMILES string of the molecule is Cc1cccc(CC(CNC(=O)Cn2ccc([N+](=O)[O-])n2)C(=O)O)c1. The second kappa shape index (κ2) is 8.04. The summed E-state index contributed by atoms with van der Waals surface area (Å²) in [6, 6.07) is 8.70. The highest BCUT2D eigenvalue weighted by Crippen LogP contribution is 2.11. The molecule has 1 unspecified atom stereocenters. The van der Waals surface area contributed by atoms with Crippen LogP contribution >= 0.6 is 0 Å². The predicted octanol–water partition coefficient (Wildman–Crippen LogP) is 1.16. The lowest BCUT2D eigenvalue weighted by Gasteiger charge is -2.13. The number of carboxylic acids is 1. The van der Waals surface area contributed by atoms with Gasteiger partial charge in [-0.15, -0.1) is 0 Å². The molecule has 1 aromatic carbocycles. The van der Waals surface area contributed by atoms with E-state index in [2.05, 4.69) is 10.4 Å². The third-order valence-electron chi connectivity index (χ3n) is 3.58. The van der Waals surface area contributed by atoms with Gasteiger partial charge in [-0.05, 0) is 23.8 Å². The maximum Gasteiger partial charge on any atom is 0.389 e. The molecule has 0 fully saturated rings. The Morgan fingerprint density at radius 3 is 2.76 bits per heavy atom. The van der Waals surface area contributed by atoms with Crippen LogP contribution in [0.1, 0.15) is 11.1 Å². The van der Waals surface area contributed by atoms with Gasteiger partial charge in [0.15, 0.2) is 0 Å². The number of nitro groups is 1. The van der Waals surface area contributed by atoms with Crippen LogP contribution in [-0.2, 0) is 22.6 Å². The molecule has 0 spiro atoms. The van der Waals surface area contributed by atoms with Gasteiger partial charge in [-0.3, -0.25) is 9.59 Å². The van der Waals surface area contributed by atoms with Gasteiger partial charge in [0.05, 0.1) is 23.3 Å². The first-order valence-corrected chi connectivity index (χ1v) is 7.58. The number of carbonyl (C=O) groups is 2. The molecule has 2 aromatic rings. The molecule has 0 saturated carbocycles. The average Bonchev–Trinajstić information content (AvgIpc) is 3.00. The molecule has 132 valence electrons. The monoisotopic (exact) mass is 346 g/mol. The number of nitrogens with one attached hydrogen (secondary N) is 1. The summed E-state index contributed by atoms with van der Waals surface area (Å²) in [5.41, 5.74) is 1.91. The molecule has 2 rings (SSSR count). The van der Waals surface area contributed by atoms with Gasteiger partial charge in [0.2, 0.25) is 5.91 Å². The Hall–Kier alpha value is -3.23. The number of hydrogen-bond donors (Lipinski definition) is 2. The fraction of sp³-hybridized carbons (Fsp3) is 0.312. The van der Waals surface area contributed by atoms with E-state index in [0.29, 0.717) is 6.42 Å². The molecule has 0 aliphatic rings. The van der Waals surface area contributed by atoms with Gasteiger partial charge < -0.3 is 20.5 Å². The summed E-state index contributed by atoms with van der Waals surface area (Å²) < 4.78 is 1.13. The first-order valence-electron chi connectivity index (χ1n) is 7.58. The lowest BCUT2D eigenvalue weighted by molar-refractivity contribution is -0.389. The Morgan fingerprint density at radius 2 is 2.16 bits per heavy atom. The zero-order valence-electron chi connectivity index (χ0n) is 13.6. The first-order chi connectivity index (χ1) is 11.8. The van der Waals surface area contributed by atoms with Crippen LogP contribution < -0.4 is 5.32 Å². The van der Waals surface area contributed by atoms with Gasteiger partial charge in [-0.25, -0.2) is 0 Å². The van der Waals surface area contributed by atoms with Crippen molar-refractivity contribution in [2.75, 3.05) is 6.54 Å². The van der Waals surface area contributed by atoms with E-state index >= 15 is 0 Å². The summed E-state index contributed by atoms with van der Waals surface area (Å²) >= 11 is 0. The smallest absolute Gasteiger partial charge is 0.389 e. The predicted molar refractivity (Wildman–Crippen MR) is 87.9 cm³/mol. The Morgan fingerprint density at radius 1 is 1.40 bits per heavy atom. The Balaban J connectivity index is 1.90. The van der Waals surface area contributed by atoms with E-state index in [1.54, 1.807) is 0 Å². The quantitative estimate of drug-likeness (QED) is 0.545. The van der Waals surface area contributed by atoms with Crippen molar-refractivity contribution in [3.63, 3.8) is 0 Å². The van der Waals surface area contributed by atoms with E-state index in [1.165, 1.54) is 12.3 Å². The number of rotatable bonds is 8. The summed E-state index contributed by atoms with van der Waals surface area (Å²) in [6.45, 7) is 1.67.